The Hall–Kier alpha value is -2.51. The van der Waals surface area contributed by atoms with E-state index in [9.17, 15) is 23.2 Å². The zero-order valence-electron chi connectivity index (χ0n) is 18.7. The largest absolute Gasteiger partial charge is 0.481 e. The number of allylic oxidation sites excluding steroid dienone is 4. The summed E-state index contributed by atoms with van der Waals surface area (Å²) in [6.45, 7) is 3.91. The monoisotopic (exact) mass is 516 g/mol. The van der Waals surface area contributed by atoms with Gasteiger partial charge in [-0.3, -0.25) is 4.79 Å². The third kappa shape index (κ3) is 10.6. The Morgan fingerprint density at radius 1 is 1.09 bits per heavy atom. The number of carboxylic acid groups (broad SMARTS) is 1. The number of alkyl halides is 2. The fraction of sp³-hybridized carbons (Fsp3) is 0.400. The van der Waals surface area contributed by atoms with Crippen molar-refractivity contribution >= 4 is 41.4 Å². The second-order valence-electron chi connectivity index (χ2n) is 7.53. The Bertz CT molecular complexity index is 895. The molecule has 5 nitrogen and oxygen atoms in total. The van der Waals surface area contributed by atoms with Gasteiger partial charge in [0, 0.05) is 22.6 Å². The standard InChI is InChI=1S/C13H15ClF2O2.C12H13ClO3/c1-2-3-4-5-6-9-7-10(14)8-13(15,16)11(9)12(17)18;13-11-6-4-10(5-7-11)12(15)16-9-3-1-2-8-14/h2,7-8,11H,1,3-6H2,(H,17,18);4-8H,1-3,9H2. The molecule has 1 aliphatic carbocycles. The molecule has 0 saturated carbocycles. The van der Waals surface area contributed by atoms with Crippen molar-refractivity contribution < 1.29 is 33.0 Å². The molecule has 0 fully saturated rings. The number of carbonyl (C=O) groups is 3. The molecular weight excluding hydrogens is 489 g/mol. The van der Waals surface area contributed by atoms with E-state index < -0.39 is 17.8 Å². The van der Waals surface area contributed by atoms with Crippen LogP contribution in [0.2, 0.25) is 5.02 Å². The van der Waals surface area contributed by atoms with Crippen LogP contribution in [0.5, 0.6) is 0 Å². The van der Waals surface area contributed by atoms with Gasteiger partial charge >= 0.3 is 11.9 Å². The molecule has 1 unspecified atom stereocenters. The third-order valence-corrected chi connectivity index (χ3v) is 5.28. The fourth-order valence-electron chi connectivity index (χ4n) is 3.14. The number of ether oxygens (including phenoxy) is 1. The summed E-state index contributed by atoms with van der Waals surface area (Å²) in [7, 11) is 0. The molecule has 0 bridgehead atoms. The highest BCUT2D eigenvalue weighted by molar-refractivity contribution is 6.31. The summed E-state index contributed by atoms with van der Waals surface area (Å²) in [5.74, 6) is -7.10. The van der Waals surface area contributed by atoms with Gasteiger partial charge in [0.15, 0.2) is 0 Å². The van der Waals surface area contributed by atoms with Gasteiger partial charge in [-0.1, -0.05) is 29.3 Å². The number of esters is 1. The highest BCUT2D eigenvalue weighted by atomic mass is 35.5. The molecule has 0 aromatic heterocycles. The Labute approximate surface area is 208 Å². The second kappa shape index (κ2) is 15.4. The van der Waals surface area contributed by atoms with Gasteiger partial charge in [0.2, 0.25) is 0 Å². The van der Waals surface area contributed by atoms with E-state index in [4.69, 9.17) is 33.0 Å². The first-order valence-corrected chi connectivity index (χ1v) is 11.5. The number of benzene rings is 1. The maximum Gasteiger partial charge on any atom is 0.338 e. The van der Waals surface area contributed by atoms with Gasteiger partial charge < -0.3 is 14.6 Å². The van der Waals surface area contributed by atoms with Crippen LogP contribution in [-0.4, -0.2) is 35.9 Å². The lowest BCUT2D eigenvalue weighted by atomic mass is 9.85. The third-order valence-electron chi connectivity index (χ3n) is 4.81. The van der Waals surface area contributed by atoms with E-state index >= 15 is 0 Å². The molecular formula is C25H28Cl2F2O5. The zero-order valence-corrected chi connectivity index (χ0v) is 20.2. The fourth-order valence-corrected chi connectivity index (χ4v) is 3.55. The summed E-state index contributed by atoms with van der Waals surface area (Å²) in [6, 6.07) is 6.53. The molecule has 0 aliphatic heterocycles. The van der Waals surface area contributed by atoms with Gasteiger partial charge in [-0.05, 0) is 74.4 Å². The van der Waals surface area contributed by atoms with E-state index in [1.54, 1.807) is 30.3 Å². The first-order chi connectivity index (χ1) is 16.1. The van der Waals surface area contributed by atoms with Gasteiger partial charge in [-0.2, -0.15) is 0 Å². The number of rotatable bonds is 12. The van der Waals surface area contributed by atoms with Crippen LogP contribution in [-0.2, 0) is 14.3 Å². The Kier molecular flexibility index (Phi) is 13.4. The summed E-state index contributed by atoms with van der Waals surface area (Å²) in [5.41, 5.74) is 0.670. The lowest BCUT2D eigenvalue weighted by Crippen LogP contribution is -2.36. The van der Waals surface area contributed by atoms with Crippen molar-refractivity contribution in [3.8, 4) is 0 Å². The lowest BCUT2D eigenvalue weighted by Gasteiger charge is -2.27. The minimum atomic E-state index is -3.43. The number of aldehydes is 1. The highest BCUT2D eigenvalue weighted by Crippen LogP contribution is 2.40. The smallest absolute Gasteiger partial charge is 0.338 e. The van der Waals surface area contributed by atoms with E-state index in [0.717, 1.165) is 25.5 Å². The molecule has 0 amide bonds. The SMILES string of the molecule is C=CCCCCC1=CC(Cl)=CC(F)(F)C1C(=O)O.O=CCCCCOC(=O)c1ccc(Cl)cc1. The topological polar surface area (TPSA) is 80.7 Å². The quantitative estimate of drug-likeness (QED) is 0.140. The normalized spacial score (nSPS) is 16.3. The molecule has 1 aliphatic rings. The van der Waals surface area contributed by atoms with Gasteiger partial charge in [0.25, 0.3) is 5.92 Å². The summed E-state index contributed by atoms with van der Waals surface area (Å²) in [4.78, 5) is 32.5. The molecule has 1 atom stereocenters. The molecule has 1 aromatic carbocycles. The first kappa shape index (κ1) is 29.5. The van der Waals surface area contributed by atoms with E-state index in [0.29, 0.717) is 49.0 Å². The van der Waals surface area contributed by atoms with Crippen molar-refractivity contribution in [2.24, 2.45) is 5.92 Å². The van der Waals surface area contributed by atoms with Crippen LogP contribution in [0.3, 0.4) is 0 Å². The molecule has 34 heavy (non-hydrogen) atoms. The average Bonchev–Trinajstić information content (AvgIpc) is 2.76. The molecule has 2 rings (SSSR count). The zero-order chi connectivity index (χ0) is 25.6. The highest BCUT2D eigenvalue weighted by Gasteiger charge is 2.46. The van der Waals surface area contributed by atoms with Gasteiger partial charge in [-0.25, -0.2) is 13.6 Å². The lowest BCUT2D eigenvalue weighted by molar-refractivity contribution is -0.149. The van der Waals surface area contributed by atoms with Crippen molar-refractivity contribution in [2.45, 2.75) is 50.9 Å². The minimum absolute atomic E-state index is 0.101. The molecule has 0 heterocycles. The number of carbonyl (C=O) groups excluding carboxylic acids is 2. The van der Waals surface area contributed by atoms with Crippen LogP contribution >= 0.6 is 23.2 Å². The van der Waals surface area contributed by atoms with Crippen LogP contribution in [0.25, 0.3) is 0 Å². The number of aliphatic carboxylic acids is 1. The number of unbranched alkanes of at least 4 members (excludes halogenated alkanes) is 4. The van der Waals surface area contributed by atoms with Crippen LogP contribution in [0.15, 0.2) is 59.7 Å². The maximum atomic E-state index is 13.6. The second-order valence-corrected chi connectivity index (χ2v) is 8.41. The predicted molar refractivity (Wildman–Crippen MR) is 128 cm³/mol. The first-order valence-electron chi connectivity index (χ1n) is 10.8. The van der Waals surface area contributed by atoms with Crippen molar-refractivity contribution in [1.82, 2.24) is 0 Å². The number of carboxylic acids is 1. The Morgan fingerprint density at radius 3 is 2.32 bits per heavy atom. The van der Waals surface area contributed by atoms with E-state index in [1.165, 1.54) is 6.08 Å². The van der Waals surface area contributed by atoms with Crippen molar-refractivity contribution in [3.63, 3.8) is 0 Å². The van der Waals surface area contributed by atoms with Gasteiger partial charge in [0.05, 0.1) is 12.2 Å². The summed E-state index contributed by atoms with van der Waals surface area (Å²) in [6.07, 6.45) is 8.93. The molecule has 0 saturated heterocycles. The minimum Gasteiger partial charge on any atom is -0.481 e. The van der Waals surface area contributed by atoms with E-state index in [-0.39, 0.29) is 16.6 Å². The average molecular weight is 517 g/mol. The van der Waals surface area contributed by atoms with Crippen LogP contribution in [0.1, 0.15) is 55.3 Å². The predicted octanol–water partition coefficient (Wildman–Crippen LogP) is 7.00. The molecule has 186 valence electrons. The van der Waals surface area contributed by atoms with Gasteiger partial charge in [-0.15, -0.1) is 6.58 Å². The van der Waals surface area contributed by atoms with Crippen molar-refractivity contribution in [2.75, 3.05) is 6.61 Å². The maximum absolute atomic E-state index is 13.6. The number of halogens is 4. The molecule has 1 aromatic rings. The van der Waals surface area contributed by atoms with Crippen LogP contribution < -0.4 is 0 Å². The molecule has 9 heteroatoms. The summed E-state index contributed by atoms with van der Waals surface area (Å²) >= 11 is 11.3. The summed E-state index contributed by atoms with van der Waals surface area (Å²) < 4.78 is 32.2. The molecule has 0 spiro atoms. The Balaban J connectivity index is 0.000000342. The Morgan fingerprint density at radius 2 is 1.74 bits per heavy atom. The van der Waals surface area contributed by atoms with Crippen molar-refractivity contribution in [1.29, 1.82) is 0 Å². The van der Waals surface area contributed by atoms with Gasteiger partial charge in [0.1, 0.15) is 12.2 Å². The molecule has 0 radical (unpaired) electrons. The number of hydrogen-bond acceptors (Lipinski definition) is 4. The number of hydrogen-bond donors (Lipinski definition) is 1. The van der Waals surface area contributed by atoms with Crippen LogP contribution in [0, 0.1) is 5.92 Å². The van der Waals surface area contributed by atoms with E-state index in [1.807, 2.05) is 0 Å². The van der Waals surface area contributed by atoms with E-state index in [2.05, 4.69) is 6.58 Å². The summed E-state index contributed by atoms with van der Waals surface area (Å²) in [5, 5.41) is 9.41. The molecule has 1 N–H and O–H groups in total. The van der Waals surface area contributed by atoms with Crippen LogP contribution in [0.4, 0.5) is 8.78 Å². The van der Waals surface area contributed by atoms with Crippen molar-refractivity contribution in [3.05, 3.63) is 70.3 Å².